The van der Waals surface area contributed by atoms with Crippen LogP contribution in [-0.4, -0.2) is 58.9 Å². The predicted molar refractivity (Wildman–Crippen MR) is 95.7 cm³/mol. The van der Waals surface area contributed by atoms with E-state index in [2.05, 4.69) is 10.6 Å². The molecule has 0 fully saturated rings. The predicted octanol–water partition coefficient (Wildman–Crippen LogP) is -0.957. The van der Waals surface area contributed by atoms with E-state index in [0.29, 0.717) is 12.2 Å². The normalized spacial score (nSPS) is 14.4. The second-order valence-electron chi connectivity index (χ2n) is 6.15. The van der Waals surface area contributed by atoms with E-state index < -0.39 is 48.2 Å². The Balaban J connectivity index is 4.99. The molecule has 3 amide bonds. The average Bonchev–Trinajstić information content (AvgIpc) is 2.48. The summed E-state index contributed by atoms with van der Waals surface area (Å²) in [7, 11) is 0. The van der Waals surface area contributed by atoms with Crippen molar-refractivity contribution >= 4 is 35.5 Å². The van der Waals surface area contributed by atoms with Crippen LogP contribution in [0.2, 0.25) is 0 Å². The molecular formula is C15H28N4O5S. The SMILES string of the molecule is CSCCC(NC(=O)C(CC(N)=O)NC(=O)C(N)CC(C)C)C(=O)O. The highest BCUT2D eigenvalue weighted by Crippen LogP contribution is 2.05. The number of carbonyl (C=O) groups excluding carboxylic acids is 3. The van der Waals surface area contributed by atoms with Crippen LogP contribution in [0.5, 0.6) is 0 Å². The highest BCUT2D eigenvalue weighted by molar-refractivity contribution is 7.98. The quantitative estimate of drug-likeness (QED) is 0.293. The third kappa shape index (κ3) is 9.92. The van der Waals surface area contributed by atoms with E-state index in [0.717, 1.165) is 0 Å². The first-order valence-electron chi connectivity index (χ1n) is 7.94. The number of carboxylic acid groups (broad SMARTS) is 1. The van der Waals surface area contributed by atoms with Gasteiger partial charge in [0.1, 0.15) is 12.1 Å². The summed E-state index contributed by atoms with van der Waals surface area (Å²) in [6.07, 6.45) is 1.99. The minimum Gasteiger partial charge on any atom is -0.480 e. The van der Waals surface area contributed by atoms with Crippen LogP contribution in [0.4, 0.5) is 0 Å². The van der Waals surface area contributed by atoms with E-state index in [1.807, 2.05) is 20.1 Å². The molecule has 0 spiro atoms. The molecule has 0 saturated heterocycles. The Labute approximate surface area is 151 Å². The fourth-order valence-corrected chi connectivity index (χ4v) is 2.54. The molecule has 0 bridgehead atoms. The van der Waals surface area contributed by atoms with Crippen molar-refractivity contribution in [1.29, 1.82) is 0 Å². The third-order valence-corrected chi connectivity index (χ3v) is 3.97. The summed E-state index contributed by atoms with van der Waals surface area (Å²) in [5.74, 6) is -2.66. The van der Waals surface area contributed by atoms with Gasteiger partial charge < -0.3 is 27.2 Å². The molecule has 144 valence electrons. The highest BCUT2D eigenvalue weighted by Gasteiger charge is 2.29. The van der Waals surface area contributed by atoms with Gasteiger partial charge in [0.15, 0.2) is 0 Å². The Hall–Kier alpha value is -1.81. The fourth-order valence-electron chi connectivity index (χ4n) is 2.07. The molecule has 0 aliphatic carbocycles. The molecule has 0 aliphatic heterocycles. The molecular weight excluding hydrogens is 348 g/mol. The van der Waals surface area contributed by atoms with Crippen molar-refractivity contribution < 1.29 is 24.3 Å². The van der Waals surface area contributed by atoms with Gasteiger partial charge in [-0.3, -0.25) is 14.4 Å². The van der Waals surface area contributed by atoms with Gasteiger partial charge in [-0.25, -0.2) is 4.79 Å². The number of nitrogens with one attached hydrogen (secondary N) is 2. The number of thioether (sulfide) groups is 1. The lowest BCUT2D eigenvalue weighted by Gasteiger charge is -2.22. The first-order valence-corrected chi connectivity index (χ1v) is 9.34. The van der Waals surface area contributed by atoms with Crippen LogP contribution >= 0.6 is 11.8 Å². The van der Waals surface area contributed by atoms with Crippen molar-refractivity contribution in [3.8, 4) is 0 Å². The minimum absolute atomic E-state index is 0.173. The number of carboxylic acids is 1. The third-order valence-electron chi connectivity index (χ3n) is 3.33. The van der Waals surface area contributed by atoms with Crippen LogP contribution in [0.15, 0.2) is 0 Å². The number of carbonyl (C=O) groups is 4. The molecule has 10 heteroatoms. The number of amides is 3. The summed E-state index contributed by atoms with van der Waals surface area (Å²) in [6.45, 7) is 3.79. The first-order chi connectivity index (χ1) is 11.6. The second kappa shape index (κ2) is 11.7. The van der Waals surface area contributed by atoms with Gasteiger partial charge >= 0.3 is 5.97 Å². The van der Waals surface area contributed by atoms with Gasteiger partial charge in [0, 0.05) is 0 Å². The molecule has 0 aromatic carbocycles. The van der Waals surface area contributed by atoms with Gasteiger partial charge in [-0.15, -0.1) is 0 Å². The standard InChI is InChI=1S/C15H28N4O5S/c1-8(2)6-9(16)13(21)19-11(7-12(17)20)14(22)18-10(15(23)24)4-5-25-3/h8-11H,4-7,16H2,1-3H3,(H2,17,20)(H,18,22)(H,19,21)(H,23,24). The van der Waals surface area contributed by atoms with E-state index in [-0.39, 0.29) is 12.3 Å². The van der Waals surface area contributed by atoms with Crippen LogP contribution in [0.1, 0.15) is 33.1 Å². The largest absolute Gasteiger partial charge is 0.480 e. The first kappa shape index (κ1) is 23.2. The summed E-state index contributed by atoms with van der Waals surface area (Å²) in [4.78, 5) is 46.8. The summed E-state index contributed by atoms with van der Waals surface area (Å²) in [5.41, 5.74) is 10.9. The molecule has 7 N–H and O–H groups in total. The summed E-state index contributed by atoms with van der Waals surface area (Å²) >= 11 is 1.44. The molecule has 0 radical (unpaired) electrons. The van der Waals surface area contributed by atoms with Crippen molar-refractivity contribution in [2.75, 3.05) is 12.0 Å². The van der Waals surface area contributed by atoms with Crippen molar-refractivity contribution in [1.82, 2.24) is 10.6 Å². The lowest BCUT2D eigenvalue weighted by atomic mass is 10.0. The maximum absolute atomic E-state index is 12.3. The Bertz CT molecular complexity index is 487. The molecule has 0 aromatic heterocycles. The Morgan fingerprint density at radius 2 is 1.64 bits per heavy atom. The van der Waals surface area contributed by atoms with E-state index in [1.54, 1.807) is 0 Å². The Kier molecular flexibility index (Phi) is 10.8. The zero-order valence-corrected chi connectivity index (χ0v) is 15.6. The fraction of sp³-hybridized carbons (Fsp3) is 0.733. The molecule has 0 aliphatic rings. The summed E-state index contributed by atoms with van der Waals surface area (Å²) in [5, 5.41) is 13.9. The molecule has 3 unspecified atom stereocenters. The highest BCUT2D eigenvalue weighted by atomic mass is 32.2. The topological polar surface area (TPSA) is 165 Å². The number of nitrogens with two attached hydrogens (primary N) is 2. The van der Waals surface area contributed by atoms with Gasteiger partial charge in [0.25, 0.3) is 0 Å². The number of primary amides is 1. The lowest BCUT2D eigenvalue weighted by molar-refractivity contribution is -0.142. The van der Waals surface area contributed by atoms with Crippen LogP contribution in [0, 0.1) is 5.92 Å². The molecule has 0 heterocycles. The maximum atomic E-state index is 12.3. The molecule has 0 rings (SSSR count). The van der Waals surface area contributed by atoms with Crippen LogP contribution in [0.3, 0.4) is 0 Å². The van der Waals surface area contributed by atoms with Crippen molar-refractivity contribution in [2.45, 2.75) is 51.2 Å². The van der Waals surface area contributed by atoms with Crippen molar-refractivity contribution in [3.63, 3.8) is 0 Å². The molecule has 25 heavy (non-hydrogen) atoms. The van der Waals surface area contributed by atoms with Crippen LogP contribution < -0.4 is 22.1 Å². The molecule has 3 atom stereocenters. The van der Waals surface area contributed by atoms with Crippen molar-refractivity contribution in [3.05, 3.63) is 0 Å². The average molecular weight is 376 g/mol. The molecule has 0 aromatic rings. The molecule has 9 nitrogen and oxygen atoms in total. The smallest absolute Gasteiger partial charge is 0.326 e. The van der Waals surface area contributed by atoms with E-state index in [9.17, 15) is 19.2 Å². The van der Waals surface area contributed by atoms with Crippen LogP contribution in [-0.2, 0) is 19.2 Å². The minimum atomic E-state index is -1.26. The summed E-state index contributed by atoms with van der Waals surface area (Å²) in [6, 6.07) is -3.22. The Morgan fingerprint density at radius 1 is 1.08 bits per heavy atom. The van der Waals surface area contributed by atoms with Gasteiger partial charge in [0.2, 0.25) is 17.7 Å². The number of hydrogen-bond acceptors (Lipinski definition) is 6. The zero-order valence-electron chi connectivity index (χ0n) is 14.8. The van der Waals surface area contributed by atoms with Crippen LogP contribution in [0.25, 0.3) is 0 Å². The lowest BCUT2D eigenvalue weighted by Crippen LogP contribution is -2.55. The number of hydrogen-bond donors (Lipinski definition) is 5. The second-order valence-corrected chi connectivity index (χ2v) is 7.13. The number of rotatable bonds is 12. The van der Waals surface area contributed by atoms with E-state index in [1.165, 1.54) is 11.8 Å². The van der Waals surface area contributed by atoms with Gasteiger partial charge in [0.05, 0.1) is 12.5 Å². The van der Waals surface area contributed by atoms with Crippen molar-refractivity contribution in [2.24, 2.45) is 17.4 Å². The summed E-state index contributed by atoms with van der Waals surface area (Å²) < 4.78 is 0. The van der Waals surface area contributed by atoms with Gasteiger partial charge in [-0.2, -0.15) is 11.8 Å². The Morgan fingerprint density at radius 3 is 2.08 bits per heavy atom. The number of aliphatic carboxylic acids is 1. The van der Waals surface area contributed by atoms with Gasteiger partial charge in [-0.05, 0) is 30.8 Å². The zero-order chi connectivity index (χ0) is 19.6. The van der Waals surface area contributed by atoms with Gasteiger partial charge in [-0.1, -0.05) is 13.8 Å². The van der Waals surface area contributed by atoms with E-state index in [4.69, 9.17) is 16.6 Å². The molecule has 0 saturated carbocycles. The van der Waals surface area contributed by atoms with E-state index >= 15 is 0 Å². The maximum Gasteiger partial charge on any atom is 0.326 e. The monoisotopic (exact) mass is 376 g/mol.